The monoisotopic (exact) mass is 456 g/mol. The highest BCUT2D eigenvalue weighted by Gasteiger charge is 2.41. The lowest BCUT2D eigenvalue weighted by Gasteiger charge is -2.40. The lowest BCUT2D eigenvalue weighted by molar-refractivity contribution is -0.152. The molecule has 0 saturated carbocycles. The van der Waals surface area contributed by atoms with Crippen molar-refractivity contribution < 1.29 is 9.90 Å². The molecule has 1 aliphatic heterocycles. The lowest BCUT2D eigenvalue weighted by Crippen LogP contribution is -2.46. The van der Waals surface area contributed by atoms with Gasteiger partial charge >= 0.3 is 5.97 Å². The standard InChI is InChI=1S/C28H32N4O2/c1-21-4-3-5-25(14-21)15-28(27(33)34)10-12-31(13-11-28)18-22(2)26-17-30-20-32(26)19-24-8-6-23(16-29)7-9-24/h3-9,14,17,20,22H,10-13,15,18-19H2,1-2H3,(H,33,34). The van der Waals surface area contributed by atoms with Crippen LogP contribution >= 0.6 is 0 Å². The Hall–Kier alpha value is -3.43. The number of rotatable bonds is 8. The van der Waals surface area contributed by atoms with E-state index in [0.717, 1.165) is 30.8 Å². The van der Waals surface area contributed by atoms with Crippen molar-refractivity contribution >= 4 is 5.97 Å². The molecule has 1 atom stereocenters. The summed E-state index contributed by atoms with van der Waals surface area (Å²) in [6, 6.07) is 18.0. The molecule has 0 bridgehead atoms. The molecular weight excluding hydrogens is 424 g/mol. The van der Waals surface area contributed by atoms with Gasteiger partial charge in [-0.3, -0.25) is 4.79 Å². The van der Waals surface area contributed by atoms with Gasteiger partial charge in [-0.05, 0) is 62.5 Å². The summed E-state index contributed by atoms with van der Waals surface area (Å²) in [5.41, 5.74) is 4.54. The zero-order chi connectivity index (χ0) is 24.1. The summed E-state index contributed by atoms with van der Waals surface area (Å²) in [5, 5.41) is 19.1. The first-order valence-electron chi connectivity index (χ1n) is 11.9. The number of piperidine rings is 1. The molecule has 2 heterocycles. The van der Waals surface area contributed by atoms with Gasteiger partial charge in [-0.25, -0.2) is 4.98 Å². The average Bonchev–Trinajstić information content (AvgIpc) is 3.29. The minimum Gasteiger partial charge on any atom is -0.481 e. The van der Waals surface area contributed by atoms with Crippen molar-refractivity contribution in [3.8, 4) is 6.07 Å². The molecule has 6 nitrogen and oxygen atoms in total. The molecule has 0 radical (unpaired) electrons. The lowest BCUT2D eigenvalue weighted by atomic mass is 9.73. The summed E-state index contributed by atoms with van der Waals surface area (Å²) >= 11 is 0. The van der Waals surface area contributed by atoms with Gasteiger partial charge in [0.25, 0.3) is 0 Å². The van der Waals surface area contributed by atoms with Crippen LogP contribution in [0, 0.1) is 23.7 Å². The first kappa shape index (κ1) is 23.7. The highest BCUT2D eigenvalue weighted by atomic mass is 16.4. The van der Waals surface area contributed by atoms with Crippen LogP contribution in [-0.2, 0) is 17.8 Å². The number of carboxylic acid groups (broad SMARTS) is 1. The molecule has 0 amide bonds. The molecule has 1 unspecified atom stereocenters. The van der Waals surface area contributed by atoms with Gasteiger partial charge < -0.3 is 14.6 Å². The van der Waals surface area contributed by atoms with E-state index in [1.807, 2.05) is 61.9 Å². The Kier molecular flexibility index (Phi) is 7.14. The van der Waals surface area contributed by atoms with Crippen molar-refractivity contribution in [2.45, 2.75) is 45.6 Å². The minimum absolute atomic E-state index is 0.273. The van der Waals surface area contributed by atoms with Crippen molar-refractivity contribution in [1.29, 1.82) is 5.26 Å². The van der Waals surface area contributed by atoms with Crippen LogP contribution in [-0.4, -0.2) is 45.2 Å². The molecule has 2 aromatic carbocycles. The van der Waals surface area contributed by atoms with Crippen LogP contribution in [0.3, 0.4) is 0 Å². The van der Waals surface area contributed by atoms with Crippen molar-refractivity contribution in [1.82, 2.24) is 14.5 Å². The summed E-state index contributed by atoms with van der Waals surface area (Å²) in [5.74, 6) is -0.405. The van der Waals surface area contributed by atoms with E-state index < -0.39 is 11.4 Å². The second-order valence-electron chi connectivity index (χ2n) is 9.71. The molecule has 1 aromatic heterocycles. The molecule has 34 heavy (non-hydrogen) atoms. The fourth-order valence-electron chi connectivity index (χ4n) is 5.08. The molecular formula is C28H32N4O2. The molecule has 176 valence electrons. The summed E-state index contributed by atoms with van der Waals surface area (Å²) in [6.07, 6.45) is 5.70. The molecule has 3 aromatic rings. The van der Waals surface area contributed by atoms with Crippen molar-refractivity contribution in [2.24, 2.45) is 5.41 Å². The van der Waals surface area contributed by atoms with Gasteiger partial charge in [0, 0.05) is 30.9 Å². The van der Waals surface area contributed by atoms with Gasteiger partial charge in [0.15, 0.2) is 0 Å². The van der Waals surface area contributed by atoms with Gasteiger partial charge in [-0.2, -0.15) is 5.26 Å². The van der Waals surface area contributed by atoms with Crippen molar-refractivity contribution in [3.05, 3.63) is 89.0 Å². The fourth-order valence-corrected chi connectivity index (χ4v) is 5.08. The largest absolute Gasteiger partial charge is 0.481 e. The first-order chi connectivity index (χ1) is 16.4. The molecule has 4 rings (SSSR count). The third kappa shape index (κ3) is 5.37. The number of aromatic nitrogens is 2. The normalized spacial score (nSPS) is 16.6. The number of nitriles is 1. The van der Waals surface area contributed by atoms with E-state index in [4.69, 9.17) is 5.26 Å². The molecule has 6 heteroatoms. The smallest absolute Gasteiger partial charge is 0.310 e. The number of hydrogen-bond donors (Lipinski definition) is 1. The van der Waals surface area contributed by atoms with Crippen LogP contribution in [0.5, 0.6) is 0 Å². The van der Waals surface area contributed by atoms with E-state index in [2.05, 4.69) is 33.5 Å². The molecule has 1 saturated heterocycles. The maximum atomic E-state index is 12.3. The Bertz CT molecular complexity index is 1170. The van der Waals surface area contributed by atoms with Crippen LogP contribution in [0.2, 0.25) is 0 Å². The predicted molar refractivity (Wildman–Crippen MR) is 132 cm³/mol. The molecule has 0 spiro atoms. The number of nitrogens with zero attached hydrogens (tertiary/aromatic N) is 4. The van der Waals surface area contributed by atoms with E-state index in [1.165, 1.54) is 11.3 Å². The van der Waals surface area contributed by atoms with E-state index >= 15 is 0 Å². The topological polar surface area (TPSA) is 82.2 Å². The second kappa shape index (κ2) is 10.2. The van der Waals surface area contributed by atoms with E-state index in [9.17, 15) is 9.90 Å². The van der Waals surface area contributed by atoms with Crippen LogP contribution in [0.15, 0.2) is 61.1 Å². The Morgan fingerprint density at radius 1 is 1.18 bits per heavy atom. The number of likely N-dealkylation sites (tertiary alicyclic amines) is 1. The molecule has 0 aliphatic carbocycles. The number of aryl methyl sites for hydroxylation is 1. The third-order valence-electron chi connectivity index (χ3n) is 7.11. The maximum Gasteiger partial charge on any atom is 0.310 e. The number of aliphatic carboxylic acids is 1. The Morgan fingerprint density at radius 3 is 2.56 bits per heavy atom. The fraction of sp³-hybridized carbons (Fsp3) is 0.393. The molecule has 1 fully saturated rings. The summed E-state index contributed by atoms with van der Waals surface area (Å²) in [4.78, 5) is 19.1. The summed E-state index contributed by atoms with van der Waals surface area (Å²) in [7, 11) is 0. The zero-order valence-corrected chi connectivity index (χ0v) is 19.9. The first-order valence-corrected chi connectivity index (χ1v) is 11.9. The number of hydrogen-bond acceptors (Lipinski definition) is 4. The summed E-state index contributed by atoms with van der Waals surface area (Å²) in [6.45, 7) is 7.41. The predicted octanol–water partition coefficient (Wildman–Crippen LogP) is 4.62. The van der Waals surface area contributed by atoms with Gasteiger partial charge in [-0.15, -0.1) is 0 Å². The zero-order valence-electron chi connectivity index (χ0n) is 19.9. The third-order valence-corrected chi connectivity index (χ3v) is 7.11. The quantitative estimate of drug-likeness (QED) is 0.535. The second-order valence-corrected chi connectivity index (χ2v) is 9.71. The van der Waals surface area contributed by atoms with Crippen molar-refractivity contribution in [3.63, 3.8) is 0 Å². The Labute approximate surface area is 201 Å². The van der Waals surface area contributed by atoms with Crippen LogP contribution < -0.4 is 0 Å². The van der Waals surface area contributed by atoms with Crippen LogP contribution in [0.1, 0.15) is 53.6 Å². The number of benzene rings is 2. The van der Waals surface area contributed by atoms with E-state index in [-0.39, 0.29) is 5.92 Å². The van der Waals surface area contributed by atoms with Gasteiger partial charge in [0.2, 0.25) is 0 Å². The van der Waals surface area contributed by atoms with E-state index in [0.29, 0.717) is 31.4 Å². The van der Waals surface area contributed by atoms with Crippen LogP contribution in [0.4, 0.5) is 0 Å². The average molecular weight is 457 g/mol. The van der Waals surface area contributed by atoms with Gasteiger partial charge in [-0.1, -0.05) is 48.9 Å². The minimum atomic E-state index is -0.690. The SMILES string of the molecule is Cc1cccc(CC2(C(=O)O)CCN(CC(C)c3cncn3Cc3ccc(C#N)cc3)CC2)c1. The molecule has 1 N–H and O–H groups in total. The molecule has 1 aliphatic rings. The highest BCUT2D eigenvalue weighted by molar-refractivity contribution is 5.75. The number of carboxylic acids is 1. The number of imidazole rings is 1. The van der Waals surface area contributed by atoms with Gasteiger partial charge in [0.1, 0.15) is 0 Å². The van der Waals surface area contributed by atoms with E-state index in [1.54, 1.807) is 0 Å². The number of carbonyl (C=O) groups is 1. The highest BCUT2D eigenvalue weighted by Crippen LogP contribution is 2.36. The Morgan fingerprint density at radius 2 is 1.91 bits per heavy atom. The summed E-state index contributed by atoms with van der Waals surface area (Å²) < 4.78 is 2.16. The Balaban J connectivity index is 1.38. The van der Waals surface area contributed by atoms with Gasteiger partial charge in [0.05, 0.1) is 23.4 Å². The van der Waals surface area contributed by atoms with Crippen LogP contribution in [0.25, 0.3) is 0 Å². The van der Waals surface area contributed by atoms with Crippen molar-refractivity contribution in [2.75, 3.05) is 19.6 Å². The maximum absolute atomic E-state index is 12.3.